The number of nitrogens with one attached hydrogen (secondary N) is 1. The van der Waals surface area contributed by atoms with Gasteiger partial charge in [-0.3, -0.25) is 9.59 Å². The zero-order valence-electron chi connectivity index (χ0n) is 10.8. The topological polar surface area (TPSA) is 64.6 Å². The summed E-state index contributed by atoms with van der Waals surface area (Å²) in [5.74, 6) is 0.841. The van der Waals surface area contributed by atoms with E-state index in [1.807, 2.05) is 24.3 Å². The molecule has 1 heterocycles. The molecular weight excluding hydrogens is 246 g/mol. The first-order chi connectivity index (χ1) is 9.22. The second kappa shape index (κ2) is 6.22. The predicted molar refractivity (Wildman–Crippen MR) is 68.8 cm³/mol. The van der Waals surface area contributed by atoms with Gasteiger partial charge >= 0.3 is 0 Å². The Morgan fingerprint density at radius 2 is 2.16 bits per heavy atom. The zero-order chi connectivity index (χ0) is 13.7. The SMILES string of the molecule is COc1ccc(CC(OC=O)C2CNC(=O)C2)cc1. The maximum atomic E-state index is 11.2. The number of carbonyl (C=O) groups is 2. The van der Waals surface area contributed by atoms with Gasteiger partial charge in [-0.1, -0.05) is 12.1 Å². The number of hydrogen-bond acceptors (Lipinski definition) is 4. The van der Waals surface area contributed by atoms with E-state index in [0.717, 1.165) is 11.3 Å². The molecule has 0 bridgehead atoms. The number of ether oxygens (including phenoxy) is 2. The summed E-state index contributed by atoms with van der Waals surface area (Å²) in [6.45, 7) is 1.02. The van der Waals surface area contributed by atoms with E-state index >= 15 is 0 Å². The van der Waals surface area contributed by atoms with Gasteiger partial charge < -0.3 is 14.8 Å². The smallest absolute Gasteiger partial charge is 0.293 e. The minimum Gasteiger partial charge on any atom is -0.497 e. The van der Waals surface area contributed by atoms with Crippen LogP contribution >= 0.6 is 0 Å². The van der Waals surface area contributed by atoms with E-state index in [1.54, 1.807) is 7.11 Å². The van der Waals surface area contributed by atoms with Gasteiger partial charge in [-0.15, -0.1) is 0 Å². The summed E-state index contributed by atoms with van der Waals surface area (Å²) < 4.78 is 10.2. The van der Waals surface area contributed by atoms with Crippen molar-refractivity contribution in [2.75, 3.05) is 13.7 Å². The minimum atomic E-state index is -0.273. The molecule has 2 rings (SSSR count). The van der Waals surface area contributed by atoms with Crippen molar-refractivity contribution < 1.29 is 19.1 Å². The molecule has 0 aliphatic carbocycles. The molecule has 102 valence electrons. The van der Waals surface area contributed by atoms with Gasteiger partial charge in [0.2, 0.25) is 5.91 Å². The molecule has 0 aromatic heterocycles. The van der Waals surface area contributed by atoms with E-state index < -0.39 is 0 Å². The fourth-order valence-corrected chi connectivity index (χ4v) is 2.28. The van der Waals surface area contributed by atoms with E-state index in [-0.39, 0.29) is 17.9 Å². The monoisotopic (exact) mass is 263 g/mol. The highest BCUT2D eigenvalue weighted by atomic mass is 16.5. The fraction of sp³-hybridized carbons (Fsp3) is 0.429. The Labute approximate surface area is 111 Å². The molecule has 1 saturated heterocycles. The summed E-state index contributed by atoms with van der Waals surface area (Å²) >= 11 is 0. The molecule has 1 fully saturated rings. The van der Waals surface area contributed by atoms with E-state index in [9.17, 15) is 9.59 Å². The molecule has 2 unspecified atom stereocenters. The fourth-order valence-electron chi connectivity index (χ4n) is 2.28. The highest BCUT2D eigenvalue weighted by Crippen LogP contribution is 2.21. The van der Waals surface area contributed by atoms with Gasteiger partial charge in [0.25, 0.3) is 6.47 Å². The molecule has 5 heteroatoms. The Morgan fingerprint density at radius 3 is 2.68 bits per heavy atom. The predicted octanol–water partition coefficient (Wildman–Crippen LogP) is 0.915. The van der Waals surface area contributed by atoms with Crippen molar-refractivity contribution in [3.05, 3.63) is 29.8 Å². The maximum absolute atomic E-state index is 11.2. The summed E-state index contributed by atoms with van der Waals surface area (Å²) in [5, 5.41) is 2.76. The summed E-state index contributed by atoms with van der Waals surface area (Å²) in [4.78, 5) is 21.8. The van der Waals surface area contributed by atoms with Gasteiger partial charge in [0.15, 0.2) is 0 Å². The summed E-state index contributed by atoms with van der Waals surface area (Å²) in [6, 6.07) is 7.60. The Hall–Kier alpha value is -2.04. The number of methoxy groups -OCH3 is 1. The Morgan fingerprint density at radius 1 is 1.42 bits per heavy atom. The van der Waals surface area contributed by atoms with Crippen molar-refractivity contribution >= 4 is 12.4 Å². The number of amides is 1. The van der Waals surface area contributed by atoms with E-state index in [1.165, 1.54) is 0 Å². The first kappa shape index (κ1) is 13.4. The number of benzene rings is 1. The molecule has 1 aromatic carbocycles. The molecular formula is C14H17NO4. The molecule has 0 spiro atoms. The van der Waals surface area contributed by atoms with Gasteiger partial charge in [0.1, 0.15) is 11.9 Å². The molecule has 0 saturated carbocycles. The molecule has 2 atom stereocenters. The van der Waals surface area contributed by atoms with E-state index in [2.05, 4.69) is 5.32 Å². The van der Waals surface area contributed by atoms with Crippen LogP contribution < -0.4 is 10.1 Å². The van der Waals surface area contributed by atoms with E-state index in [4.69, 9.17) is 9.47 Å². The van der Waals surface area contributed by atoms with Gasteiger partial charge in [0, 0.05) is 25.3 Å². The van der Waals surface area contributed by atoms with Gasteiger partial charge in [-0.2, -0.15) is 0 Å². The third-order valence-electron chi connectivity index (χ3n) is 3.36. The summed E-state index contributed by atoms with van der Waals surface area (Å²) in [7, 11) is 1.61. The highest BCUT2D eigenvalue weighted by molar-refractivity contribution is 5.78. The number of rotatable bonds is 6. The third-order valence-corrected chi connectivity index (χ3v) is 3.36. The first-order valence-corrected chi connectivity index (χ1v) is 6.21. The Bertz CT molecular complexity index is 443. The lowest BCUT2D eigenvalue weighted by atomic mass is 9.95. The van der Waals surface area contributed by atoms with Gasteiger partial charge in [-0.05, 0) is 17.7 Å². The molecule has 1 aliphatic heterocycles. The van der Waals surface area contributed by atoms with Crippen LogP contribution in [-0.4, -0.2) is 32.1 Å². The largest absolute Gasteiger partial charge is 0.497 e. The second-order valence-corrected chi connectivity index (χ2v) is 4.59. The van der Waals surface area contributed by atoms with Crippen molar-refractivity contribution in [1.82, 2.24) is 5.32 Å². The lowest BCUT2D eigenvalue weighted by Gasteiger charge is -2.20. The number of carbonyl (C=O) groups excluding carboxylic acids is 2. The molecule has 1 aliphatic rings. The standard InChI is InChI=1S/C14H17NO4/c1-18-12-4-2-10(3-5-12)6-13(19-9-16)11-7-14(17)15-8-11/h2-5,9,11,13H,6-8H2,1H3,(H,15,17). The number of hydrogen-bond donors (Lipinski definition) is 1. The van der Waals surface area contributed by atoms with E-state index in [0.29, 0.717) is 25.9 Å². The zero-order valence-corrected chi connectivity index (χ0v) is 10.8. The molecule has 1 amide bonds. The van der Waals surface area contributed by atoms with Crippen molar-refractivity contribution in [3.8, 4) is 5.75 Å². The Kier molecular flexibility index (Phi) is 4.39. The van der Waals surface area contributed by atoms with Crippen molar-refractivity contribution in [1.29, 1.82) is 0 Å². The van der Waals surface area contributed by atoms with Crippen LogP contribution in [0.4, 0.5) is 0 Å². The average molecular weight is 263 g/mol. The molecule has 19 heavy (non-hydrogen) atoms. The Balaban J connectivity index is 2.02. The minimum absolute atomic E-state index is 0.0132. The molecule has 1 N–H and O–H groups in total. The van der Waals surface area contributed by atoms with Crippen LogP contribution in [0.5, 0.6) is 5.75 Å². The average Bonchev–Trinajstić information content (AvgIpc) is 2.86. The quantitative estimate of drug-likeness (QED) is 0.775. The van der Waals surface area contributed by atoms with Crippen LogP contribution in [0.15, 0.2) is 24.3 Å². The normalized spacial score (nSPS) is 19.6. The van der Waals surface area contributed by atoms with Gasteiger partial charge in [-0.25, -0.2) is 0 Å². The molecule has 5 nitrogen and oxygen atoms in total. The summed E-state index contributed by atoms with van der Waals surface area (Å²) in [5.41, 5.74) is 1.05. The van der Waals surface area contributed by atoms with Crippen LogP contribution in [0.2, 0.25) is 0 Å². The van der Waals surface area contributed by atoms with Crippen molar-refractivity contribution in [2.45, 2.75) is 18.9 Å². The first-order valence-electron chi connectivity index (χ1n) is 6.21. The third kappa shape index (κ3) is 3.47. The second-order valence-electron chi connectivity index (χ2n) is 4.59. The summed E-state index contributed by atoms with van der Waals surface area (Å²) in [6.07, 6.45) is 0.738. The molecule has 1 aromatic rings. The lowest BCUT2D eigenvalue weighted by Crippen LogP contribution is -2.28. The van der Waals surface area contributed by atoms with Crippen LogP contribution in [-0.2, 0) is 20.7 Å². The van der Waals surface area contributed by atoms with Gasteiger partial charge in [0.05, 0.1) is 7.11 Å². The van der Waals surface area contributed by atoms with Crippen LogP contribution in [0.25, 0.3) is 0 Å². The lowest BCUT2D eigenvalue weighted by molar-refractivity contribution is -0.136. The van der Waals surface area contributed by atoms with Crippen molar-refractivity contribution in [2.24, 2.45) is 5.92 Å². The van der Waals surface area contributed by atoms with Crippen LogP contribution in [0, 0.1) is 5.92 Å². The van der Waals surface area contributed by atoms with Crippen LogP contribution in [0.1, 0.15) is 12.0 Å². The highest BCUT2D eigenvalue weighted by Gasteiger charge is 2.30. The van der Waals surface area contributed by atoms with Crippen LogP contribution in [0.3, 0.4) is 0 Å². The maximum Gasteiger partial charge on any atom is 0.293 e. The van der Waals surface area contributed by atoms with Crippen molar-refractivity contribution in [3.63, 3.8) is 0 Å². The molecule has 0 radical (unpaired) electrons.